The first kappa shape index (κ1) is 15.6. The average Bonchev–Trinajstić information content (AvgIpc) is 3.32. The van der Waals surface area contributed by atoms with Gasteiger partial charge in [0.2, 0.25) is 0 Å². The Bertz CT molecular complexity index is 1010. The van der Waals surface area contributed by atoms with E-state index >= 15 is 0 Å². The van der Waals surface area contributed by atoms with Crippen LogP contribution < -0.4 is 5.56 Å². The SMILES string of the molecule is O=c1[nH]c(CN2CCc3sccc3[C@H]2C2CC2)nc2ccc(Cl)cc12. The number of nitrogens with one attached hydrogen (secondary N) is 1. The Kier molecular flexibility index (Phi) is 3.69. The van der Waals surface area contributed by atoms with Crippen molar-refractivity contribution in [1.29, 1.82) is 0 Å². The molecule has 0 saturated heterocycles. The fourth-order valence-electron chi connectivity index (χ4n) is 3.97. The van der Waals surface area contributed by atoms with Crippen molar-refractivity contribution < 1.29 is 0 Å². The molecule has 0 spiro atoms. The zero-order chi connectivity index (χ0) is 17.0. The molecule has 3 heterocycles. The maximum atomic E-state index is 12.4. The highest BCUT2D eigenvalue weighted by atomic mass is 35.5. The van der Waals surface area contributed by atoms with E-state index in [1.54, 1.807) is 12.1 Å². The molecule has 25 heavy (non-hydrogen) atoms. The van der Waals surface area contributed by atoms with Crippen LogP contribution in [0.1, 0.15) is 35.1 Å². The smallest absolute Gasteiger partial charge is 0.258 e. The van der Waals surface area contributed by atoms with Gasteiger partial charge in [0.1, 0.15) is 5.82 Å². The first-order chi connectivity index (χ1) is 12.2. The molecular weight excluding hydrogens is 354 g/mol. The third kappa shape index (κ3) is 2.80. The van der Waals surface area contributed by atoms with Gasteiger partial charge >= 0.3 is 0 Å². The summed E-state index contributed by atoms with van der Waals surface area (Å²) in [5, 5.41) is 3.32. The highest BCUT2D eigenvalue weighted by molar-refractivity contribution is 7.10. The lowest BCUT2D eigenvalue weighted by Gasteiger charge is -2.35. The zero-order valence-electron chi connectivity index (χ0n) is 13.7. The Balaban J connectivity index is 1.50. The second-order valence-electron chi connectivity index (χ2n) is 6.98. The Labute approximate surface area is 154 Å². The van der Waals surface area contributed by atoms with E-state index in [0.717, 1.165) is 24.7 Å². The van der Waals surface area contributed by atoms with Crippen molar-refractivity contribution in [1.82, 2.24) is 14.9 Å². The molecule has 1 fully saturated rings. The summed E-state index contributed by atoms with van der Waals surface area (Å²) < 4.78 is 0. The standard InChI is InChI=1S/C19H18ClN3OS/c20-12-3-4-15-14(9-12)19(24)22-17(21-15)10-23-7-5-16-13(6-8-25-16)18(23)11-1-2-11/h3-4,6,8-9,11,18H,1-2,5,7,10H2,(H,21,22,24)/t18-/m1/s1. The molecule has 0 unspecified atom stereocenters. The van der Waals surface area contributed by atoms with Gasteiger partial charge < -0.3 is 4.98 Å². The zero-order valence-corrected chi connectivity index (χ0v) is 15.2. The number of halogens is 1. The molecule has 3 aromatic rings. The van der Waals surface area contributed by atoms with Crippen LogP contribution >= 0.6 is 22.9 Å². The van der Waals surface area contributed by atoms with Gasteiger partial charge in [-0.1, -0.05) is 11.6 Å². The van der Waals surface area contributed by atoms with E-state index in [0.29, 0.717) is 28.5 Å². The van der Waals surface area contributed by atoms with Crippen LogP contribution in [0.4, 0.5) is 0 Å². The van der Waals surface area contributed by atoms with Crippen LogP contribution in [0.3, 0.4) is 0 Å². The minimum atomic E-state index is -0.112. The maximum Gasteiger partial charge on any atom is 0.258 e. The minimum absolute atomic E-state index is 0.112. The summed E-state index contributed by atoms with van der Waals surface area (Å²) in [5.41, 5.74) is 2.09. The minimum Gasteiger partial charge on any atom is -0.309 e. The number of benzene rings is 1. The summed E-state index contributed by atoms with van der Waals surface area (Å²) >= 11 is 7.87. The Hall–Kier alpha value is -1.69. The number of hydrogen-bond donors (Lipinski definition) is 1. The normalized spacial score (nSPS) is 20.8. The molecule has 0 radical (unpaired) electrons. The number of nitrogens with zero attached hydrogens (tertiary/aromatic N) is 2. The molecule has 1 atom stereocenters. The summed E-state index contributed by atoms with van der Waals surface area (Å²) in [4.78, 5) is 24.1. The molecule has 1 aliphatic carbocycles. The molecule has 1 N–H and O–H groups in total. The van der Waals surface area contributed by atoms with Crippen molar-refractivity contribution in [3.8, 4) is 0 Å². The van der Waals surface area contributed by atoms with Crippen LogP contribution in [0, 0.1) is 5.92 Å². The number of fused-ring (bicyclic) bond motifs is 2. The van der Waals surface area contributed by atoms with Gasteiger partial charge in [-0.3, -0.25) is 9.69 Å². The van der Waals surface area contributed by atoms with Crippen LogP contribution in [0.25, 0.3) is 10.9 Å². The second kappa shape index (κ2) is 5.94. The fourth-order valence-corrected chi connectivity index (χ4v) is 5.05. The molecule has 0 bridgehead atoms. The summed E-state index contributed by atoms with van der Waals surface area (Å²) in [6, 6.07) is 8.04. The Morgan fingerprint density at radius 2 is 2.20 bits per heavy atom. The van der Waals surface area contributed by atoms with Crippen LogP contribution in [0.5, 0.6) is 0 Å². The van der Waals surface area contributed by atoms with Gasteiger partial charge in [-0.05, 0) is 60.4 Å². The summed E-state index contributed by atoms with van der Waals surface area (Å²) in [6.07, 6.45) is 3.69. The summed E-state index contributed by atoms with van der Waals surface area (Å²) in [6.45, 7) is 1.71. The number of thiophene rings is 1. The largest absolute Gasteiger partial charge is 0.309 e. The molecule has 2 aliphatic rings. The Morgan fingerprint density at radius 1 is 1.32 bits per heavy atom. The van der Waals surface area contributed by atoms with Crippen molar-refractivity contribution in [3.63, 3.8) is 0 Å². The predicted octanol–water partition coefficient (Wildman–Crippen LogP) is 4.15. The van der Waals surface area contributed by atoms with Gasteiger partial charge in [0.15, 0.2) is 0 Å². The first-order valence-corrected chi connectivity index (χ1v) is 9.93. The summed E-state index contributed by atoms with van der Waals surface area (Å²) in [7, 11) is 0. The van der Waals surface area contributed by atoms with Gasteiger partial charge in [0, 0.05) is 22.5 Å². The van der Waals surface area contributed by atoms with E-state index in [2.05, 4.69) is 26.3 Å². The van der Waals surface area contributed by atoms with Crippen molar-refractivity contribution in [3.05, 3.63) is 61.3 Å². The Morgan fingerprint density at radius 3 is 3.04 bits per heavy atom. The highest BCUT2D eigenvalue weighted by Gasteiger charge is 2.40. The van der Waals surface area contributed by atoms with Gasteiger partial charge in [0.25, 0.3) is 5.56 Å². The lowest BCUT2D eigenvalue weighted by Crippen LogP contribution is -2.36. The topological polar surface area (TPSA) is 49.0 Å². The quantitative estimate of drug-likeness (QED) is 0.752. The molecular formula is C19H18ClN3OS. The monoisotopic (exact) mass is 371 g/mol. The number of rotatable bonds is 3. The molecule has 2 aromatic heterocycles. The van der Waals surface area contributed by atoms with E-state index < -0.39 is 0 Å². The number of aromatic nitrogens is 2. The van der Waals surface area contributed by atoms with Gasteiger partial charge in [0.05, 0.1) is 17.4 Å². The molecule has 5 rings (SSSR count). The van der Waals surface area contributed by atoms with Crippen molar-refractivity contribution in [2.24, 2.45) is 5.92 Å². The van der Waals surface area contributed by atoms with Crippen molar-refractivity contribution in [2.75, 3.05) is 6.54 Å². The molecule has 128 valence electrons. The van der Waals surface area contributed by atoms with E-state index in [1.807, 2.05) is 17.4 Å². The third-order valence-corrected chi connectivity index (χ3v) is 6.49. The molecule has 6 heteroatoms. The van der Waals surface area contributed by atoms with Crippen LogP contribution in [-0.4, -0.2) is 21.4 Å². The van der Waals surface area contributed by atoms with Gasteiger partial charge in [-0.25, -0.2) is 4.98 Å². The highest BCUT2D eigenvalue weighted by Crippen LogP contribution is 2.48. The van der Waals surface area contributed by atoms with Crippen molar-refractivity contribution in [2.45, 2.75) is 31.8 Å². The van der Waals surface area contributed by atoms with Crippen LogP contribution in [0.2, 0.25) is 5.02 Å². The van der Waals surface area contributed by atoms with Crippen molar-refractivity contribution >= 4 is 33.8 Å². The average molecular weight is 372 g/mol. The number of aromatic amines is 1. The van der Waals surface area contributed by atoms with Gasteiger partial charge in [-0.2, -0.15) is 0 Å². The third-order valence-electron chi connectivity index (χ3n) is 5.26. The first-order valence-electron chi connectivity index (χ1n) is 8.68. The maximum absolute atomic E-state index is 12.4. The molecule has 0 amide bonds. The van der Waals surface area contributed by atoms with E-state index in [-0.39, 0.29) is 5.56 Å². The molecule has 1 aromatic carbocycles. The molecule has 1 saturated carbocycles. The van der Waals surface area contributed by atoms with E-state index in [4.69, 9.17) is 11.6 Å². The lowest BCUT2D eigenvalue weighted by atomic mass is 9.96. The lowest BCUT2D eigenvalue weighted by molar-refractivity contribution is 0.154. The molecule has 1 aliphatic heterocycles. The van der Waals surface area contributed by atoms with E-state index in [9.17, 15) is 4.79 Å². The van der Waals surface area contributed by atoms with Gasteiger partial charge in [-0.15, -0.1) is 11.3 Å². The predicted molar refractivity (Wildman–Crippen MR) is 101 cm³/mol. The second-order valence-corrected chi connectivity index (χ2v) is 8.41. The number of hydrogen-bond acceptors (Lipinski definition) is 4. The summed E-state index contributed by atoms with van der Waals surface area (Å²) in [5.74, 6) is 1.49. The van der Waals surface area contributed by atoms with Crippen LogP contribution in [0.15, 0.2) is 34.4 Å². The van der Waals surface area contributed by atoms with E-state index in [1.165, 1.54) is 23.3 Å². The van der Waals surface area contributed by atoms with Crippen LogP contribution in [-0.2, 0) is 13.0 Å². The molecule has 4 nitrogen and oxygen atoms in total. The fraction of sp³-hybridized carbons (Fsp3) is 0.368. The number of H-pyrrole nitrogens is 1.